The summed E-state index contributed by atoms with van der Waals surface area (Å²) in [5.74, 6) is 0.634. The van der Waals surface area contributed by atoms with Crippen LogP contribution >= 0.6 is 11.3 Å². The highest BCUT2D eigenvalue weighted by Gasteiger charge is 2.19. The van der Waals surface area contributed by atoms with Crippen molar-refractivity contribution in [2.75, 3.05) is 0 Å². The molecule has 0 aliphatic rings. The van der Waals surface area contributed by atoms with Gasteiger partial charge in [0.2, 0.25) is 0 Å². The zero-order chi connectivity index (χ0) is 23.2. The van der Waals surface area contributed by atoms with Gasteiger partial charge in [-0.05, 0) is 74.7 Å². The van der Waals surface area contributed by atoms with Gasteiger partial charge in [0.05, 0.1) is 11.4 Å². The van der Waals surface area contributed by atoms with Gasteiger partial charge in [-0.15, -0.1) is 11.3 Å². The van der Waals surface area contributed by atoms with E-state index in [2.05, 4.69) is 111 Å². The lowest BCUT2D eigenvalue weighted by atomic mass is 9.82. The summed E-state index contributed by atoms with van der Waals surface area (Å²) in [7, 11) is 0. The summed E-state index contributed by atoms with van der Waals surface area (Å²) in [4.78, 5) is 9.37. The first-order valence-electron chi connectivity index (χ1n) is 11.7. The third-order valence-electron chi connectivity index (χ3n) is 6.24. The molecule has 2 heterocycles. The van der Waals surface area contributed by atoms with Gasteiger partial charge in [0, 0.05) is 15.8 Å². The molecule has 3 aromatic carbocycles. The normalized spacial score (nSPS) is 12.2. The van der Waals surface area contributed by atoms with Gasteiger partial charge < -0.3 is 0 Å². The first-order chi connectivity index (χ1) is 15.8. The molecule has 33 heavy (non-hydrogen) atoms. The molecule has 0 aliphatic heterocycles. The zero-order valence-electron chi connectivity index (χ0n) is 20.0. The van der Waals surface area contributed by atoms with Crippen LogP contribution in [0, 0.1) is 5.92 Å². The maximum atomic E-state index is 4.68. The number of fused-ring (bicyclic) bond motifs is 2. The van der Waals surface area contributed by atoms with Crippen LogP contribution in [0.3, 0.4) is 0 Å². The molecular weight excluding hydrogens is 420 g/mol. The van der Waals surface area contributed by atoms with Crippen molar-refractivity contribution in [2.24, 2.45) is 5.92 Å². The smallest absolute Gasteiger partial charge is 0.116 e. The van der Waals surface area contributed by atoms with Crippen LogP contribution in [0.15, 0.2) is 72.4 Å². The second-order valence-electron chi connectivity index (χ2n) is 10.3. The number of aromatic nitrogens is 2. The molecule has 2 aromatic heterocycles. The number of hydrogen-bond donors (Lipinski definition) is 0. The van der Waals surface area contributed by atoms with E-state index >= 15 is 0 Å². The maximum absolute atomic E-state index is 4.68. The van der Waals surface area contributed by atoms with Gasteiger partial charge in [0.25, 0.3) is 0 Å². The fraction of sp³-hybridized carbons (Fsp3) is 0.267. The average Bonchev–Trinajstić information content (AvgIpc) is 3.28. The van der Waals surface area contributed by atoms with Crippen LogP contribution in [0.4, 0.5) is 0 Å². The van der Waals surface area contributed by atoms with E-state index in [9.17, 15) is 0 Å². The van der Waals surface area contributed by atoms with Crippen LogP contribution in [-0.4, -0.2) is 9.97 Å². The van der Waals surface area contributed by atoms with Crippen molar-refractivity contribution in [3.05, 3.63) is 83.5 Å². The Balaban J connectivity index is 1.65. The number of benzene rings is 3. The predicted molar refractivity (Wildman–Crippen MR) is 143 cm³/mol. The Morgan fingerprint density at radius 1 is 0.848 bits per heavy atom. The molecule has 0 saturated carbocycles. The summed E-state index contributed by atoms with van der Waals surface area (Å²) < 4.78 is 1.31. The molecule has 0 bridgehead atoms. The lowest BCUT2D eigenvalue weighted by Gasteiger charge is -2.22. The first-order valence-corrected chi connectivity index (χ1v) is 12.5. The molecule has 166 valence electrons. The van der Waals surface area contributed by atoms with Gasteiger partial charge in [-0.25, -0.2) is 9.97 Å². The van der Waals surface area contributed by atoms with Crippen LogP contribution < -0.4 is 0 Å². The molecule has 0 spiro atoms. The van der Waals surface area contributed by atoms with Gasteiger partial charge in [-0.3, -0.25) is 0 Å². The minimum atomic E-state index is 0.0425. The van der Waals surface area contributed by atoms with Crippen LogP contribution in [0.2, 0.25) is 0 Å². The molecule has 0 N–H and O–H groups in total. The second kappa shape index (κ2) is 8.39. The molecule has 3 heteroatoms. The average molecular weight is 451 g/mol. The molecule has 0 saturated heterocycles. The van der Waals surface area contributed by atoms with E-state index in [1.165, 1.54) is 37.5 Å². The standard InChI is InChI=1S/C30H30N2S/c1-19(2)14-21-10-11-25(29-24(21)12-13-33-29)28-17-27(31-18-32-28)22-15-20-8-6-7-9-23(20)26(16-22)30(3,4)5/h6-13,15-19H,14H2,1-5H3. The SMILES string of the molecule is CC(C)Cc1ccc(-c2cc(-c3cc(C(C)(C)C)c4ccccc4c3)ncn2)c2sccc12. The Morgan fingerprint density at radius 3 is 2.42 bits per heavy atom. The van der Waals surface area contributed by atoms with Gasteiger partial charge in [-0.1, -0.05) is 71.0 Å². The summed E-state index contributed by atoms with van der Waals surface area (Å²) in [5.41, 5.74) is 7.08. The van der Waals surface area contributed by atoms with Crippen LogP contribution in [0.5, 0.6) is 0 Å². The molecule has 0 aliphatic carbocycles. The number of hydrogen-bond acceptors (Lipinski definition) is 3. The fourth-order valence-electron chi connectivity index (χ4n) is 4.68. The fourth-order valence-corrected chi connectivity index (χ4v) is 5.65. The van der Waals surface area contributed by atoms with Crippen molar-refractivity contribution in [3.8, 4) is 22.5 Å². The highest BCUT2D eigenvalue weighted by molar-refractivity contribution is 7.17. The van der Waals surface area contributed by atoms with E-state index in [1.807, 2.05) is 0 Å². The van der Waals surface area contributed by atoms with Crippen molar-refractivity contribution >= 4 is 32.2 Å². The Bertz CT molecular complexity index is 1450. The van der Waals surface area contributed by atoms with Gasteiger partial charge >= 0.3 is 0 Å². The molecular formula is C30H30N2S. The van der Waals surface area contributed by atoms with Gasteiger partial charge in [0.1, 0.15) is 6.33 Å². The van der Waals surface area contributed by atoms with E-state index in [0.717, 1.165) is 23.4 Å². The number of nitrogens with zero attached hydrogens (tertiary/aromatic N) is 2. The van der Waals surface area contributed by atoms with Crippen molar-refractivity contribution in [1.29, 1.82) is 0 Å². The highest BCUT2D eigenvalue weighted by atomic mass is 32.1. The molecule has 2 nitrogen and oxygen atoms in total. The Morgan fingerprint density at radius 2 is 1.64 bits per heavy atom. The number of thiophene rings is 1. The molecule has 5 aromatic rings. The van der Waals surface area contributed by atoms with Crippen LogP contribution in [0.1, 0.15) is 45.7 Å². The minimum absolute atomic E-state index is 0.0425. The van der Waals surface area contributed by atoms with E-state index in [-0.39, 0.29) is 5.41 Å². The van der Waals surface area contributed by atoms with E-state index in [0.29, 0.717) is 5.92 Å². The number of rotatable bonds is 4. The van der Waals surface area contributed by atoms with Crippen molar-refractivity contribution in [3.63, 3.8) is 0 Å². The first kappa shape index (κ1) is 21.8. The lowest BCUT2D eigenvalue weighted by Crippen LogP contribution is -2.12. The van der Waals surface area contributed by atoms with E-state index < -0.39 is 0 Å². The topological polar surface area (TPSA) is 25.8 Å². The summed E-state index contributed by atoms with van der Waals surface area (Å²) in [5, 5.41) is 6.11. The quantitative estimate of drug-likeness (QED) is 0.274. The molecule has 0 unspecified atom stereocenters. The third-order valence-corrected chi connectivity index (χ3v) is 7.19. The molecule has 0 atom stereocenters. The largest absolute Gasteiger partial charge is 0.236 e. The molecule has 0 fully saturated rings. The molecule has 0 radical (unpaired) electrons. The Kier molecular flexibility index (Phi) is 5.54. The lowest BCUT2D eigenvalue weighted by molar-refractivity contribution is 0.596. The van der Waals surface area contributed by atoms with Crippen molar-refractivity contribution < 1.29 is 0 Å². The van der Waals surface area contributed by atoms with E-state index in [1.54, 1.807) is 17.7 Å². The molecule has 5 rings (SSSR count). The second-order valence-corrected chi connectivity index (χ2v) is 11.2. The van der Waals surface area contributed by atoms with Gasteiger partial charge in [-0.2, -0.15) is 0 Å². The summed E-state index contributed by atoms with van der Waals surface area (Å²) in [6.45, 7) is 11.4. The van der Waals surface area contributed by atoms with Gasteiger partial charge in [0.15, 0.2) is 0 Å². The Labute approximate surface area is 200 Å². The predicted octanol–water partition coefficient (Wildman–Crippen LogP) is 8.67. The highest BCUT2D eigenvalue weighted by Crippen LogP contribution is 2.37. The van der Waals surface area contributed by atoms with E-state index in [4.69, 9.17) is 0 Å². The summed E-state index contributed by atoms with van der Waals surface area (Å²) >= 11 is 1.80. The third kappa shape index (κ3) is 4.18. The molecule has 0 amide bonds. The van der Waals surface area contributed by atoms with Crippen molar-refractivity contribution in [2.45, 2.75) is 46.5 Å². The maximum Gasteiger partial charge on any atom is 0.116 e. The van der Waals surface area contributed by atoms with Crippen molar-refractivity contribution in [1.82, 2.24) is 9.97 Å². The summed E-state index contributed by atoms with van der Waals surface area (Å²) in [6, 6.07) is 22.1. The zero-order valence-corrected chi connectivity index (χ0v) is 20.8. The minimum Gasteiger partial charge on any atom is -0.236 e. The monoisotopic (exact) mass is 450 g/mol. The van der Waals surface area contributed by atoms with Crippen LogP contribution in [0.25, 0.3) is 43.4 Å². The Hall–Kier alpha value is -3.04. The summed E-state index contributed by atoms with van der Waals surface area (Å²) in [6.07, 6.45) is 2.80. The van der Waals surface area contributed by atoms with Crippen LogP contribution in [-0.2, 0) is 11.8 Å².